The highest BCUT2D eigenvalue weighted by Crippen LogP contribution is 2.19. The first-order valence-electron chi connectivity index (χ1n) is 6.75. The predicted octanol–water partition coefficient (Wildman–Crippen LogP) is 1.78. The molecule has 20 heavy (non-hydrogen) atoms. The first-order chi connectivity index (χ1) is 9.72. The molecular weight excluding hydrogens is 254 g/mol. The molecule has 1 aromatic carbocycles. The Kier molecular flexibility index (Phi) is 3.52. The Morgan fingerprint density at radius 2 is 2.15 bits per heavy atom. The van der Waals surface area contributed by atoms with E-state index in [0.717, 1.165) is 25.2 Å². The molecule has 1 unspecified atom stereocenters. The summed E-state index contributed by atoms with van der Waals surface area (Å²) in [5, 5.41) is 9.00. The molecule has 0 spiro atoms. The molecule has 1 aliphatic rings. The molecule has 0 aliphatic carbocycles. The van der Waals surface area contributed by atoms with Crippen LogP contribution in [0.25, 0.3) is 5.69 Å². The maximum Gasteiger partial charge on any atom is 0.307 e. The van der Waals surface area contributed by atoms with E-state index in [-0.39, 0.29) is 5.92 Å². The molecule has 2 aromatic rings. The van der Waals surface area contributed by atoms with Crippen LogP contribution in [0.5, 0.6) is 0 Å². The van der Waals surface area contributed by atoms with Crippen LogP contribution in [0.4, 0.5) is 0 Å². The van der Waals surface area contributed by atoms with Crippen molar-refractivity contribution in [2.24, 2.45) is 5.92 Å². The molecule has 1 atom stereocenters. The molecule has 2 heterocycles. The second kappa shape index (κ2) is 5.46. The number of benzene rings is 1. The standard InChI is InChI=1S/C15H17N3O2/c19-15(20)13-5-7-17(10-13)9-12-1-3-14(4-2-12)18-8-6-16-11-18/h1-4,6,8,11,13H,5,7,9-10H2,(H,19,20). The third-order valence-electron chi connectivity index (χ3n) is 3.77. The van der Waals surface area contributed by atoms with E-state index < -0.39 is 5.97 Å². The largest absolute Gasteiger partial charge is 0.481 e. The van der Waals surface area contributed by atoms with Crippen LogP contribution in [-0.2, 0) is 11.3 Å². The summed E-state index contributed by atoms with van der Waals surface area (Å²) in [7, 11) is 0. The third-order valence-corrected chi connectivity index (χ3v) is 3.77. The molecule has 0 amide bonds. The number of rotatable bonds is 4. The van der Waals surface area contributed by atoms with Crippen LogP contribution in [-0.4, -0.2) is 38.6 Å². The normalized spacial score (nSPS) is 19.3. The minimum absolute atomic E-state index is 0.208. The number of hydrogen-bond acceptors (Lipinski definition) is 3. The van der Waals surface area contributed by atoms with Gasteiger partial charge in [-0.1, -0.05) is 12.1 Å². The van der Waals surface area contributed by atoms with Gasteiger partial charge in [0.05, 0.1) is 12.2 Å². The zero-order valence-electron chi connectivity index (χ0n) is 11.1. The van der Waals surface area contributed by atoms with Crippen LogP contribution in [0.3, 0.4) is 0 Å². The molecule has 104 valence electrons. The zero-order chi connectivity index (χ0) is 13.9. The summed E-state index contributed by atoms with van der Waals surface area (Å²) in [4.78, 5) is 17.2. The second-order valence-corrected chi connectivity index (χ2v) is 5.20. The van der Waals surface area contributed by atoms with Crippen LogP contribution in [0.15, 0.2) is 43.0 Å². The van der Waals surface area contributed by atoms with E-state index in [9.17, 15) is 4.79 Å². The number of hydrogen-bond donors (Lipinski definition) is 1. The van der Waals surface area contributed by atoms with Crippen molar-refractivity contribution < 1.29 is 9.90 Å². The maximum atomic E-state index is 10.9. The van der Waals surface area contributed by atoms with E-state index in [1.807, 2.05) is 10.8 Å². The Labute approximate surface area is 117 Å². The number of carboxylic acids is 1. The number of carboxylic acid groups (broad SMARTS) is 1. The minimum atomic E-state index is -0.678. The summed E-state index contributed by atoms with van der Waals surface area (Å²) in [6.07, 6.45) is 6.19. The molecule has 3 rings (SSSR count). The van der Waals surface area contributed by atoms with Gasteiger partial charge in [-0.3, -0.25) is 9.69 Å². The molecule has 0 saturated carbocycles. The van der Waals surface area contributed by atoms with Crippen molar-refractivity contribution in [1.29, 1.82) is 0 Å². The van der Waals surface area contributed by atoms with Crippen molar-refractivity contribution in [3.05, 3.63) is 48.5 Å². The van der Waals surface area contributed by atoms with Crippen LogP contribution < -0.4 is 0 Å². The Bertz CT molecular complexity index is 578. The Morgan fingerprint density at radius 3 is 2.75 bits per heavy atom. The number of imidazole rings is 1. The zero-order valence-corrected chi connectivity index (χ0v) is 11.1. The van der Waals surface area contributed by atoms with Crippen LogP contribution in [0.1, 0.15) is 12.0 Å². The van der Waals surface area contributed by atoms with Gasteiger partial charge in [0, 0.05) is 31.2 Å². The highest BCUT2D eigenvalue weighted by atomic mass is 16.4. The van der Waals surface area contributed by atoms with E-state index in [4.69, 9.17) is 5.11 Å². The van der Waals surface area contributed by atoms with Crippen molar-refractivity contribution in [3.8, 4) is 5.69 Å². The Morgan fingerprint density at radius 1 is 1.35 bits per heavy atom. The predicted molar refractivity (Wildman–Crippen MR) is 74.6 cm³/mol. The lowest BCUT2D eigenvalue weighted by atomic mass is 10.1. The quantitative estimate of drug-likeness (QED) is 0.921. The first-order valence-corrected chi connectivity index (χ1v) is 6.75. The van der Waals surface area contributed by atoms with E-state index >= 15 is 0 Å². The van der Waals surface area contributed by atoms with Crippen LogP contribution >= 0.6 is 0 Å². The lowest BCUT2D eigenvalue weighted by Gasteiger charge is -2.15. The molecule has 5 heteroatoms. The minimum Gasteiger partial charge on any atom is -0.481 e. The van der Waals surface area contributed by atoms with Gasteiger partial charge in [-0.2, -0.15) is 0 Å². The average molecular weight is 271 g/mol. The topological polar surface area (TPSA) is 58.4 Å². The van der Waals surface area contributed by atoms with E-state index in [2.05, 4.69) is 34.1 Å². The van der Waals surface area contributed by atoms with Gasteiger partial charge in [-0.15, -0.1) is 0 Å². The second-order valence-electron chi connectivity index (χ2n) is 5.20. The van der Waals surface area contributed by atoms with E-state index in [0.29, 0.717) is 6.54 Å². The first kappa shape index (κ1) is 12.9. The molecule has 1 N–H and O–H groups in total. The molecule has 0 radical (unpaired) electrons. The highest BCUT2D eigenvalue weighted by molar-refractivity contribution is 5.70. The number of likely N-dealkylation sites (tertiary alicyclic amines) is 1. The summed E-state index contributed by atoms with van der Waals surface area (Å²) < 4.78 is 1.96. The number of nitrogens with zero attached hydrogens (tertiary/aromatic N) is 3. The van der Waals surface area contributed by atoms with Gasteiger partial charge in [-0.05, 0) is 30.7 Å². The van der Waals surface area contributed by atoms with Gasteiger partial charge >= 0.3 is 5.97 Å². The van der Waals surface area contributed by atoms with Crippen LogP contribution in [0.2, 0.25) is 0 Å². The lowest BCUT2D eigenvalue weighted by Crippen LogP contribution is -2.22. The molecule has 5 nitrogen and oxygen atoms in total. The SMILES string of the molecule is O=C(O)C1CCN(Cc2ccc(-n3ccnc3)cc2)C1. The summed E-state index contributed by atoms with van der Waals surface area (Å²) in [5.74, 6) is -0.886. The van der Waals surface area contributed by atoms with Crippen molar-refractivity contribution in [2.75, 3.05) is 13.1 Å². The van der Waals surface area contributed by atoms with Crippen LogP contribution in [0, 0.1) is 5.92 Å². The van der Waals surface area contributed by atoms with E-state index in [1.165, 1.54) is 5.56 Å². The molecule has 1 aliphatic heterocycles. The van der Waals surface area contributed by atoms with Gasteiger partial charge in [0.25, 0.3) is 0 Å². The number of aromatic nitrogens is 2. The molecule has 0 bridgehead atoms. The summed E-state index contributed by atoms with van der Waals surface area (Å²) in [6, 6.07) is 8.29. The fourth-order valence-electron chi connectivity index (χ4n) is 2.62. The Hall–Kier alpha value is -2.14. The molecule has 1 saturated heterocycles. The third kappa shape index (κ3) is 2.72. The van der Waals surface area contributed by atoms with Crippen molar-refractivity contribution in [2.45, 2.75) is 13.0 Å². The molecule has 1 aromatic heterocycles. The fourth-order valence-corrected chi connectivity index (χ4v) is 2.62. The summed E-state index contributed by atoms with van der Waals surface area (Å²) in [5.41, 5.74) is 2.29. The van der Waals surface area contributed by atoms with Gasteiger partial charge in [0.1, 0.15) is 0 Å². The number of aliphatic carboxylic acids is 1. The van der Waals surface area contributed by atoms with Gasteiger partial charge in [-0.25, -0.2) is 4.98 Å². The summed E-state index contributed by atoms with van der Waals surface area (Å²) in [6.45, 7) is 2.33. The Balaban J connectivity index is 1.63. The lowest BCUT2D eigenvalue weighted by molar-refractivity contribution is -0.141. The van der Waals surface area contributed by atoms with Crippen molar-refractivity contribution in [1.82, 2.24) is 14.5 Å². The molecule has 1 fully saturated rings. The smallest absolute Gasteiger partial charge is 0.307 e. The maximum absolute atomic E-state index is 10.9. The monoisotopic (exact) mass is 271 g/mol. The van der Waals surface area contributed by atoms with E-state index in [1.54, 1.807) is 12.5 Å². The number of carbonyl (C=O) groups is 1. The summed E-state index contributed by atoms with van der Waals surface area (Å²) >= 11 is 0. The fraction of sp³-hybridized carbons (Fsp3) is 0.333. The van der Waals surface area contributed by atoms with Crippen molar-refractivity contribution in [3.63, 3.8) is 0 Å². The van der Waals surface area contributed by atoms with Crippen molar-refractivity contribution >= 4 is 5.97 Å². The average Bonchev–Trinajstić information content (AvgIpc) is 3.10. The molecular formula is C15H17N3O2. The van der Waals surface area contributed by atoms with Gasteiger partial charge < -0.3 is 9.67 Å². The van der Waals surface area contributed by atoms with Gasteiger partial charge in [0.2, 0.25) is 0 Å². The van der Waals surface area contributed by atoms with Gasteiger partial charge in [0.15, 0.2) is 0 Å². The highest BCUT2D eigenvalue weighted by Gasteiger charge is 2.27.